The molecule has 1 amide bonds. The van der Waals surface area contributed by atoms with Gasteiger partial charge >= 0.3 is 5.97 Å². The van der Waals surface area contributed by atoms with Crippen LogP contribution in [0.3, 0.4) is 0 Å². The monoisotopic (exact) mass is 291 g/mol. The molecular weight excluding hydrogens is 270 g/mol. The maximum atomic E-state index is 12.4. The molecular formula is C15H21N3O3. The van der Waals surface area contributed by atoms with E-state index in [1.165, 1.54) is 36.6 Å². The van der Waals surface area contributed by atoms with Gasteiger partial charge in [-0.1, -0.05) is 6.42 Å². The lowest BCUT2D eigenvalue weighted by atomic mass is 9.84. The second-order valence-electron chi connectivity index (χ2n) is 6.44. The summed E-state index contributed by atoms with van der Waals surface area (Å²) < 4.78 is 1.33. The molecule has 114 valence electrons. The summed E-state index contributed by atoms with van der Waals surface area (Å²) in [4.78, 5) is 23.5. The van der Waals surface area contributed by atoms with Crippen LogP contribution in [-0.2, 0) is 7.05 Å². The lowest BCUT2D eigenvalue weighted by Crippen LogP contribution is -2.41. The smallest absolute Gasteiger partial charge is 0.339 e. The maximum absolute atomic E-state index is 12.4. The third-order valence-corrected chi connectivity index (χ3v) is 5.18. The molecule has 21 heavy (non-hydrogen) atoms. The fourth-order valence-electron chi connectivity index (χ4n) is 4.15. The number of nitrogens with one attached hydrogen (secondary N) is 1. The lowest BCUT2D eigenvalue weighted by molar-refractivity contribution is 0.0689. The number of carbonyl (C=O) groups excluding carboxylic acids is 1. The number of rotatable bonds is 4. The Morgan fingerprint density at radius 1 is 1.43 bits per heavy atom. The van der Waals surface area contributed by atoms with Crippen molar-refractivity contribution in [1.29, 1.82) is 0 Å². The highest BCUT2D eigenvalue weighted by Gasteiger charge is 2.42. The van der Waals surface area contributed by atoms with Crippen LogP contribution >= 0.6 is 0 Å². The number of aromatic nitrogens is 2. The molecule has 0 spiro atoms. The topological polar surface area (TPSA) is 84.2 Å². The minimum Gasteiger partial charge on any atom is -0.478 e. The molecule has 6 nitrogen and oxygen atoms in total. The van der Waals surface area contributed by atoms with Gasteiger partial charge in [0.2, 0.25) is 0 Å². The van der Waals surface area contributed by atoms with Crippen molar-refractivity contribution in [3.05, 3.63) is 17.5 Å². The number of amides is 1. The molecule has 0 aliphatic heterocycles. The number of nitrogens with zero attached hydrogens (tertiary/aromatic N) is 2. The third kappa shape index (κ3) is 2.43. The molecule has 6 heteroatoms. The van der Waals surface area contributed by atoms with Crippen LogP contribution in [0.2, 0.25) is 0 Å². The Morgan fingerprint density at radius 2 is 2.19 bits per heavy atom. The first-order chi connectivity index (χ1) is 9.97. The zero-order chi connectivity index (χ0) is 15.1. The number of carboxylic acids is 1. The van der Waals surface area contributed by atoms with Crippen molar-refractivity contribution in [1.82, 2.24) is 15.1 Å². The largest absolute Gasteiger partial charge is 0.478 e. The second kappa shape index (κ2) is 5.16. The molecule has 2 aliphatic rings. The minimum absolute atomic E-state index is 0.0462. The van der Waals surface area contributed by atoms with Gasteiger partial charge in [0, 0.05) is 13.1 Å². The van der Waals surface area contributed by atoms with Gasteiger partial charge in [0.05, 0.1) is 6.20 Å². The van der Waals surface area contributed by atoms with E-state index in [-0.39, 0.29) is 23.2 Å². The molecule has 0 saturated heterocycles. The quantitative estimate of drug-likeness (QED) is 0.884. The highest BCUT2D eigenvalue weighted by Crippen LogP contribution is 2.49. The average Bonchev–Trinajstić information content (AvgIpc) is 3.12. The van der Waals surface area contributed by atoms with Crippen LogP contribution in [0.4, 0.5) is 0 Å². The summed E-state index contributed by atoms with van der Waals surface area (Å²) in [6, 6.07) is 0.0735. The molecule has 2 aliphatic carbocycles. The highest BCUT2D eigenvalue weighted by atomic mass is 16.4. The van der Waals surface area contributed by atoms with Crippen LogP contribution < -0.4 is 5.32 Å². The number of hydrogen-bond donors (Lipinski definition) is 2. The maximum Gasteiger partial charge on any atom is 0.339 e. The molecule has 0 aromatic carbocycles. The molecule has 1 aromatic rings. The Kier molecular flexibility index (Phi) is 3.47. The molecule has 2 bridgehead atoms. The summed E-state index contributed by atoms with van der Waals surface area (Å²) in [5, 5.41) is 16.0. The van der Waals surface area contributed by atoms with Gasteiger partial charge in [-0.3, -0.25) is 9.48 Å². The van der Waals surface area contributed by atoms with Crippen LogP contribution in [0.15, 0.2) is 6.20 Å². The molecule has 4 atom stereocenters. The van der Waals surface area contributed by atoms with E-state index in [2.05, 4.69) is 10.4 Å². The molecule has 1 aromatic heterocycles. The predicted molar refractivity (Wildman–Crippen MR) is 76.0 cm³/mol. The first-order valence-corrected chi connectivity index (χ1v) is 7.53. The van der Waals surface area contributed by atoms with Gasteiger partial charge < -0.3 is 10.4 Å². The minimum atomic E-state index is -1.12. The first kappa shape index (κ1) is 14.1. The number of carbonyl (C=O) groups is 2. The predicted octanol–water partition coefficient (Wildman–Crippen LogP) is 1.67. The van der Waals surface area contributed by atoms with E-state index in [0.29, 0.717) is 5.92 Å². The van der Waals surface area contributed by atoms with E-state index in [0.717, 1.165) is 11.8 Å². The van der Waals surface area contributed by atoms with Gasteiger partial charge in [-0.05, 0) is 43.9 Å². The van der Waals surface area contributed by atoms with E-state index in [4.69, 9.17) is 5.11 Å². The van der Waals surface area contributed by atoms with Crippen LogP contribution in [0.5, 0.6) is 0 Å². The number of fused-ring (bicyclic) bond motifs is 2. The van der Waals surface area contributed by atoms with Gasteiger partial charge in [-0.15, -0.1) is 0 Å². The van der Waals surface area contributed by atoms with E-state index >= 15 is 0 Å². The zero-order valence-corrected chi connectivity index (χ0v) is 12.4. The summed E-state index contributed by atoms with van der Waals surface area (Å²) in [5.74, 6) is 0.596. The number of aromatic carboxylic acids is 1. The third-order valence-electron chi connectivity index (χ3n) is 5.18. The average molecular weight is 291 g/mol. The van der Waals surface area contributed by atoms with E-state index in [1.54, 1.807) is 7.05 Å². The summed E-state index contributed by atoms with van der Waals surface area (Å²) in [6.45, 7) is 2.03. The van der Waals surface area contributed by atoms with Crippen molar-refractivity contribution in [3.8, 4) is 0 Å². The van der Waals surface area contributed by atoms with Crippen molar-refractivity contribution in [2.45, 2.75) is 38.6 Å². The number of hydrogen-bond acceptors (Lipinski definition) is 3. The number of aryl methyl sites for hydroxylation is 1. The summed E-state index contributed by atoms with van der Waals surface area (Å²) >= 11 is 0. The normalized spacial score (nSPS) is 28.6. The van der Waals surface area contributed by atoms with Crippen molar-refractivity contribution >= 4 is 11.9 Å². The van der Waals surface area contributed by atoms with Crippen LogP contribution in [-0.4, -0.2) is 32.8 Å². The molecule has 1 heterocycles. The fraction of sp³-hybridized carbons (Fsp3) is 0.667. The molecule has 0 unspecified atom stereocenters. The van der Waals surface area contributed by atoms with Crippen LogP contribution in [0.1, 0.15) is 53.5 Å². The van der Waals surface area contributed by atoms with Gasteiger partial charge in [-0.2, -0.15) is 5.10 Å². The van der Waals surface area contributed by atoms with E-state index in [1.807, 2.05) is 6.92 Å². The Morgan fingerprint density at radius 3 is 2.76 bits per heavy atom. The highest BCUT2D eigenvalue weighted by molar-refractivity contribution is 6.03. The lowest BCUT2D eigenvalue weighted by Gasteiger charge is -2.28. The Labute approximate surface area is 123 Å². The van der Waals surface area contributed by atoms with E-state index in [9.17, 15) is 9.59 Å². The molecule has 3 rings (SSSR count). The summed E-state index contributed by atoms with van der Waals surface area (Å²) in [5.41, 5.74) is 0.0765. The van der Waals surface area contributed by atoms with Crippen molar-refractivity contribution in [2.75, 3.05) is 0 Å². The van der Waals surface area contributed by atoms with Crippen LogP contribution in [0.25, 0.3) is 0 Å². The standard InChI is InChI=1S/C15H21N3O3/c1-8(11-6-9-3-4-10(11)5-9)17-14(19)13-12(15(20)21)7-16-18(13)2/h7-11H,3-6H2,1-2H3,(H,17,19)(H,20,21)/t8-,9+,10+,11-/m1/s1. The Bertz CT molecular complexity index is 581. The van der Waals surface area contributed by atoms with Gasteiger partial charge in [0.25, 0.3) is 5.91 Å². The van der Waals surface area contributed by atoms with Crippen molar-refractivity contribution < 1.29 is 14.7 Å². The molecule has 2 fully saturated rings. The Hall–Kier alpha value is -1.85. The Balaban J connectivity index is 1.72. The van der Waals surface area contributed by atoms with Gasteiger partial charge in [-0.25, -0.2) is 4.79 Å². The van der Waals surface area contributed by atoms with Crippen molar-refractivity contribution in [3.63, 3.8) is 0 Å². The van der Waals surface area contributed by atoms with Gasteiger partial charge in [0.1, 0.15) is 11.3 Å². The SMILES string of the molecule is C[C@@H](NC(=O)c1c(C(=O)O)cnn1C)[C@H]1C[C@H]2CC[C@H]1C2. The van der Waals surface area contributed by atoms with Gasteiger partial charge in [0.15, 0.2) is 0 Å². The summed E-state index contributed by atoms with van der Waals surface area (Å²) in [6.07, 6.45) is 6.29. The fourth-order valence-corrected chi connectivity index (χ4v) is 4.15. The first-order valence-electron chi connectivity index (χ1n) is 7.53. The molecule has 2 N–H and O–H groups in total. The van der Waals surface area contributed by atoms with E-state index < -0.39 is 5.97 Å². The molecule has 0 radical (unpaired) electrons. The van der Waals surface area contributed by atoms with Crippen molar-refractivity contribution in [2.24, 2.45) is 24.8 Å². The zero-order valence-electron chi connectivity index (χ0n) is 12.4. The second-order valence-corrected chi connectivity index (χ2v) is 6.44. The molecule has 2 saturated carbocycles. The number of carboxylic acid groups (broad SMARTS) is 1. The summed E-state index contributed by atoms with van der Waals surface area (Å²) in [7, 11) is 1.59. The van der Waals surface area contributed by atoms with Crippen LogP contribution in [0, 0.1) is 17.8 Å².